The second-order valence-electron chi connectivity index (χ2n) is 8.48. The van der Waals surface area contributed by atoms with Gasteiger partial charge in [0.1, 0.15) is 0 Å². The molecule has 0 bridgehead atoms. The topological polar surface area (TPSA) is 65.2 Å². The standard InChI is InChI=1S/C27H23Cl2N3O2/c28-18-9-10-20(23(29)15-18)26(33)31-25-8-4-2-6-21(25)27(34)32-13-11-17(12-14-32)22-16-30-24-7-3-1-5-19(22)24/h1-10,15-17,30H,11-14H2,(H,31,33). The number of piperidine rings is 1. The summed E-state index contributed by atoms with van der Waals surface area (Å²) in [6.07, 6.45) is 3.88. The zero-order chi connectivity index (χ0) is 23.7. The molecule has 1 saturated heterocycles. The molecule has 0 unspecified atom stereocenters. The molecule has 4 aromatic rings. The number of aromatic amines is 1. The maximum Gasteiger partial charge on any atom is 0.257 e. The highest BCUT2D eigenvalue weighted by Crippen LogP contribution is 2.34. The van der Waals surface area contributed by atoms with Gasteiger partial charge >= 0.3 is 0 Å². The molecule has 1 aliphatic heterocycles. The number of fused-ring (bicyclic) bond motifs is 1. The van der Waals surface area contributed by atoms with Gasteiger partial charge in [-0.1, -0.05) is 53.5 Å². The van der Waals surface area contributed by atoms with E-state index >= 15 is 0 Å². The summed E-state index contributed by atoms with van der Waals surface area (Å²) in [5.41, 5.74) is 3.68. The highest BCUT2D eigenvalue weighted by Gasteiger charge is 2.27. The van der Waals surface area contributed by atoms with Gasteiger partial charge in [0.05, 0.1) is 21.8 Å². The summed E-state index contributed by atoms with van der Waals surface area (Å²) in [6, 6.07) is 20.1. The number of carbonyl (C=O) groups excluding carboxylic acids is 2. The first kappa shape index (κ1) is 22.5. The number of nitrogens with zero attached hydrogens (tertiary/aromatic N) is 1. The SMILES string of the molecule is O=C(Nc1ccccc1C(=O)N1CCC(c2c[nH]c3ccccc23)CC1)c1ccc(Cl)cc1Cl. The second kappa shape index (κ2) is 9.53. The Morgan fingerprint density at radius 1 is 0.912 bits per heavy atom. The van der Waals surface area contributed by atoms with E-state index in [1.165, 1.54) is 17.0 Å². The van der Waals surface area contributed by atoms with Crippen LogP contribution in [0.1, 0.15) is 45.0 Å². The van der Waals surface area contributed by atoms with Crippen LogP contribution in [0.25, 0.3) is 10.9 Å². The molecule has 1 aromatic heterocycles. The van der Waals surface area contributed by atoms with Gasteiger partial charge in [0.2, 0.25) is 0 Å². The van der Waals surface area contributed by atoms with Crippen molar-refractivity contribution in [2.45, 2.75) is 18.8 Å². The van der Waals surface area contributed by atoms with Crippen LogP contribution < -0.4 is 5.32 Å². The summed E-state index contributed by atoms with van der Waals surface area (Å²) >= 11 is 12.1. The number of amides is 2. The highest BCUT2D eigenvalue weighted by molar-refractivity contribution is 6.37. The van der Waals surface area contributed by atoms with Gasteiger partial charge in [0.25, 0.3) is 11.8 Å². The summed E-state index contributed by atoms with van der Waals surface area (Å²) in [7, 11) is 0. The van der Waals surface area contributed by atoms with E-state index < -0.39 is 0 Å². The van der Waals surface area contributed by atoms with E-state index in [1.807, 2.05) is 11.0 Å². The number of H-pyrrole nitrogens is 1. The molecule has 0 saturated carbocycles. The summed E-state index contributed by atoms with van der Waals surface area (Å²) in [5.74, 6) is -0.0716. The molecule has 2 N–H and O–H groups in total. The number of hydrogen-bond donors (Lipinski definition) is 2. The molecule has 34 heavy (non-hydrogen) atoms. The van der Waals surface area contributed by atoms with Crippen LogP contribution >= 0.6 is 23.2 Å². The van der Waals surface area contributed by atoms with Gasteiger partial charge in [-0.2, -0.15) is 0 Å². The molecule has 7 heteroatoms. The third-order valence-corrected chi connectivity index (χ3v) is 6.97. The molecule has 1 aliphatic rings. The molecule has 2 heterocycles. The molecule has 1 fully saturated rings. The lowest BCUT2D eigenvalue weighted by atomic mass is 9.89. The summed E-state index contributed by atoms with van der Waals surface area (Å²) in [4.78, 5) is 31.4. The molecule has 5 nitrogen and oxygen atoms in total. The smallest absolute Gasteiger partial charge is 0.257 e. The number of para-hydroxylation sites is 2. The molecule has 172 valence electrons. The van der Waals surface area contributed by atoms with Crippen molar-refractivity contribution in [3.8, 4) is 0 Å². The molecule has 0 spiro atoms. The average molecular weight is 492 g/mol. The fourth-order valence-electron chi connectivity index (χ4n) is 4.64. The van der Waals surface area contributed by atoms with Gasteiger partial charge in [0.15, 0.2) is 0 Å². The largest absolute Gasteiger partial charge is 0.361 e. The minimum atomic E-state index is -0.389. The number of aromatic nitrogens is 1. The van der Waals surface area contributed by atoms with Crippen molar-refractivity contribution in [3.05, 3.63) is 99.7 Å². The lowest BCUT2D eigenvalue weighted by Gasteiger charge is -2.32. The van der Waals surface area contributed by atoms with Crippen LogP contribution in [0.5, 0.6) is 0 Å². The monoisotopic (exact) mass is 491 g/mol. The van der Waals surface area contributed by atoms with Crippen molar-refractivity contribution in [1.29, 1.82) is 0 Å². The summed E-state index contributed by atoms with van der Waals surface area (Å²) in [6.45, 7) is 1.32. The molecular weight excluding hydrogens is 469 g/mol. The third-order valence-electron chi connectivity index (χ3n) is 6.42. The van der Waals surface area contributed by atoms with E-state index in [-0.39, 0.29) is 16.8 Å². The first-order valence-electron chi connectivity index (χ1n) is 11.2. The predicted octanol–water partition coefficient (Wildman–Crippen LogP) is 6.75. The third kappa shape index (κ3) is 4.41. The van der Waals surface area contributed by atoms with E-state index in [2.05, 4.69) is 34.7 Å². The first-order chi connectivity index (χ1) is 16.5. The number of carbonyl (C=O) groups is 2. The number of anilines is 1. The van der Waals surface area contributed by atoms with Gasteiger partial charge in [0, 0.05) is 35.2 Å². The number of rotatable bonds is 4. The lowest BCUT2D eigenvalue weighted by Crippen LogP contribution is -2.38. The van der Waals surface area contributed by atoms with Crippen molar-refractivity contribution in [3.63, 3.8) is 0 Å². The Bertz CT molecular complexity index is 1370. The Morgan fingerprint density at radius 2 is 1.65 bits per heavy atom. The first-order valence-corrected chi connectivity index (χ1v) is 12.0. The summed E-state index contributed by atoms with van der Waals surface area (Å²) < 4.78 is 0. The van der Waals surface area contributed by atoms with Gasteiger partial charge in [-0.25, -0.2) is 0 Å². The normalized spacial score (nSPS) is 14.4. The quantitative estimate of drug-likeness (QED) is 0.331. The van der Waals surface area contributed by atoms with Gasteiger partial charge < -0.3 is 15.2 Å². The number of benzene rings is 3. The molecule has 3 aromatic carbocycles. The van der Waals surface area contributed by atoms with Crippen LogP contribution in [0.3, 0.4) is 0 Å². The maximum atomic E-state index is 13.4. The summed E-state index contributed by atoms with van der Waals surface area (Å²) in [5, 5.41) is 4.80. The fraction of sp³-hybridized carbons (Fsp3) is 0.185. The van der Waals surface area contributed by atoms with Crippen LogP contribution in [0.15, 0.2) is 72.9 Å². The molecule has 5 rings (SSSR count). The number of halogens is 2. The van der Waals surface area contributed by atoms with Crippen molar-refractivity contribution < 1.29 is 9.59 Å². The Kier molecular flexibility index (Phi) is 6.31. The number of nitrogens with one attached hydrogen (secondary N) is 2. The maximum absolute atomic E-state index is 13.4. The minimum Gasteiger partial charge on any atom is -0.361 e. The van der Waals surface area contributed by atoms with E-state index in [1.54, 1.807) is 36.4 Å². The van der Waals surface area contributed by atoms with E-state index in [9.17, 15) is 9.59 Å². The van der Waals surface area contributed by atoms with Crippen LogP contribution in [0.2, 0.25) is 10.0 Å². The number of hydrogen-bond acceptors (Lipinski definition) is 2. The molecule has 0 aliphatic carbocycles. The minimum absolute atomic E-state index is 0.0875. The fourth-order valence-corrected chi connectivity index (χ4v) is 5.13. The predicted molar refractivity (Wildman–Crippen MR) is 137 cm³/mol. The van der Waals surface area contributed by atoms with Crippen LogP contribution in [0, 0.1) is 0 Å². The molecule has 0 atom stereocenters. The average Bonchev–Trinajstić information content (AvgIpc) is 3.28. The van der Waals surface area contributed by atoms with Gasteiger partial charge in [-0.3, -0.25) is 9.59 Å². The van der Waals surface area contributed by atoms with Crippen molar-refractivity contribution >= 4 is 51.6 Å². The Balaban J connectivity index is 1.30. The van der Waals surface area contributed by atoms with Crippen LogP contribution in [-0.4, -0.2) is 34.8 Å². The Labute approximate surface area is 207 Å². The Hall–Kier alpha value is -3.28. The van der Waals surface area contributed by atoms with Gasteiger partial charge in [-0.15, -0.1) is 0 Å². The van der Waals surface area contributed by atoms with E-state index in [0.717, 1.165) is 18.4 Å². The highest BCUT2D eigenvalue weighted by atomic mass is 35.5. The lowest BCUT2D eigenvalue weighted by molar-refractivity contribution is 0.0714. The van der Waals surface area contributed by atoms with Gasteiger partial charge in [-0.05, 0) is 60.7 Å². The van der Waals surface area contributed by atoms with E-state index in [0.29, 0.717) is 40.8 Å². The van der Waals surface area contributed by atoms with Crippen molar-refractivity contribution in [1.82, 2.24) is 9.88 Å². The molecule has 0 radical (unpaired) electrons. The zero-order valence-corrected chi connectivity index (χ0v) is 19.9. The zero-order valence-electron chi connectivity index (χ0n) is 18.4. The van der Waals surface area contributed by atoms with Crippen LogP contribution in [0.4, 0.5) is 5.69 Å². The molecular formula is C27H23Cl2N3O2. The van der Waals surface area contributed by atoms with Crippen molar-refractivity contribution in [2.75, 3.05) is 18.4 Å². The van der Waals surface area contributed by atoms with Crippen molar-refractivity contribution in [2.24, 2.45) is 0 Å². The number of likely N-dealkylation sites (tertiary alicyclic amines) is 1. The van der Waals surface area contributed by atoms with Crippen LogP contribution in [-0.2, 0) is 0 Å². The Morgan fingerprint density at radius 3 is 2.44 bits per heavy atom. The molecule has 2 amide bonds. The van der Waals surface area contributed by atoms with E-state index in [4.69, 9.17) is 23.2 Å². The second-order valence-corrected chi connectivity index (χ2v) is 9.32.